The Morgan fingerprint density at radius 3 is 2.58 bits per heavy atom. The summed E-state index contributed by atoms with van der Waals surface area (Å²) < 4.78 is 58.3. The lowest BCUT2D eigenvalue weighted by Gasteiger charge is -2.16. The molecule has 3 rings (SSSR count). The molecule has 1 saturated heterocycles. The topological polar surface area (TPSA) is 92.8 Å². The predicted molar refractivity (Wildman–Crippen MR) is 111 cm³/mol. The van der Waals surface area contributed by atoms with Crippen LogP contribution < -0.4 is 10.1 Å². The Labute approximate surface area is 181 Å². The molecule has 1 saturated carbocycles. The number of ether oxygens (including phenoxy) is 1. The highest BCUT2D eigenvalue weighted by atomic mass is 32.2. The highest BCUT2D eigenvalue weighted by molar-refractivity contribution is 7.91. The van der Waals surface area contributed by atoms with Gasteiger partial charge in [0.15, 0.2) is 21.4 Å². The van der Waals surface area contributed by atoms with Crippen LogP contribution in [-0.2, 0) is 14.6 Å². The van der Waals surface area contributed by atoms with Gasteiger partial charge in [-0.3, -0.25) is 10.1 Å². The van der Waals surface area contributed by atoms with Crippen molar-refractivity contribution in [3.05, 3.63) is 29.3 Å². The molecule has 0 bridgehead atoms. The fourth-order valence-corrected chi connectivity index (χ4v) is 5.26. The second-order valence-electron chi connectivity index (χ2n) is 8.42. The number of hydrogen-bond acceptors (Lipinski definition) is 5. The Morgan fingerprint density at radius 1 is 1.19 bits per heavy atom. The summed E-state index contributed by atoms with van der Waals surface area (Å²) in [5, 5.41) is 2.19. The maximum absolute atomic E-state index is 14.0. The molecule has 0 radical (unpaired) electrons. The standard InChI is InChI=1S/C21H28F2N2O5S/c1-14(16-9-17(22)20(23)18(10-16)30-12-15-5-6-15)13-31(28,29)8-4-2-3-7-25-11-19(26)24-21(25)27/h9-10,14-15H,2-8,11-13H2,1H3,(H,24,26,27)/t14-/m0/s1. The maximum Gasteiger partial charge on any atom is 0.324 e. The monoisotopic (exact) mass is 458 g/mol. The number of rotatable bonds is 12. The number of imide groups is 1. The molecule has 172 valence electrons. The quantitative estimate of drug-likeness (QED) is 0.384. The molecule has 1 atom stereocenters. The summed E-state index contributed by atoms with van der Waals surface area (Å²) in [7, 11) is -3.40. The molecule has 7 nitrogen and oxygen atoms in total. The molecule has 1 aliphatic carbocycles. The summed E-state index contributed by atoms with van der Waals surface area (Å²) in [5.74, 6) is -2.94. The molecular weight excluding hydrogens is 430 g/mol. The van der Waals surface area contributed by atoms with Gasteiger partial charge in [-0.1, -0.05) is 13.3 Å². The first-order chi connectivity index (χ1) is 14.6. The van der Waals surface area contributed by atoms with Gasteiger partial charge in [-0.25, -0.2) is 17.6 Å². The SMILES string of the molecule is C[C@@H](CS(=O)(=O)CCCCCN1CC(=O)NC1=O)c1cc(F)c(F)c(OCC2CC2)c1. The van der Waals surface area contributed by atoms with Crippen LogP contribution in [0.2, 0.25) is 0 Å². The number of benzene rings is 1. The zero-order valence-corrected chi connectivity index (χ0v) is 18.3. The number of unbranched alkanes of at least 4 members (excludes halogenated alkanes) is 2. The van der Waals surface area contributed by atoms with Gasteiger partial charge in [0, 0.05) is 6.54 Å². The minimum atomic E-state index is -3.40. The Bertz CT molecular complexity index is 934. The summed E-state index contributed by atoms with van der Waals surface area (Å²) in [4.78, 5) is 24.0. The lowest BCUT2D eigenvalue weighted by molar-refractivity contribution is -0.118. The van der Waals surface area contributed by atoms with Gasteiger partial charge in [-0.05, 0) is 55.2 Å². The Hall–Kier alpha value is -2.23. The molecule has 31 heavy (non-hydrogen) atoms. The number of sulfone groups is 1. The maximum atomic E-state index is 14.0. The number of amides is 3. The van der Waals surface area contributed by atoms with Gasteiger partial charge in [0.05, 0.1) is 18.1 Å². The van der Waals surface area contributed by atoms with E-state index in [1.54, 1.807) is 6.92 Å². The van der Waals surface area contributed by atoms with E-state index in [1.807, 2.05) is 0 Å². The number of urea groups is 1. The highest BCUT2D eigenvalue weighted by Gasteiger charge is 2.26. The predicted octanol–water partition coefficient (Wildman–Crippen LogP) is 2.99. The van der Waals surface area contributed by atoms with Crippen LogP contribution in [0, 0.1) is 17.6 Å². The minimum Gasteiger partial charge on any atom is -0.490 e. The van der Waals surface area contributed by atoms with E-state index in [0.29, 0.717) is 43.9 Å². The smallest absolute Gasteiger partial charge is 0.324 e. The van der Waals surface area contributed by atoms with Crippen molar-refractivity contribution in [3.63, 3.8) is 0 Å². The fraction of sp³-hybridized carbons (Fsp3) is 0.619. The largest absolute Gasteiger partial charge is 0.490 e. The van der Waals surface area contributed by atoms with Gasteiger partial charge < -0.3 is 9.64 Å². The van der Waals surface area contributed by atoms with Gasteiger partial charge in [-0.15, -0.1) is 0 Å². The van der Waals surface area contributed by atoms with E-state index in [-0.39, 0.29) is 29.7 Å². The molecule has 0 spiro atoms. The average Bonchev–Trinajstić information content (AvgIpc) is 3.46. The van der Waals surface area contributed by atoms with Crippen molar-refractivity contribution in [1.82, 2.24) is 10.2 Å². The lowest BCUT2D eigenvalue weighted by atomic mass is 10.0. The Kier molecular flexibility index (Phi) is 7.51. The van der Waals surface area contributed by atoms with Crippen LogP contribution in [0.1, 0.15) is 50.5 Å². The number of halogens is 2. The third-order valence-corrected chi connectivity index (χ3v) is 7.43. The van der Waals surface area contributed by atoms with Gasteiger partial charge >= 0.3 is 6.03 Å². The van der Waals surface area contributed by atoms with E-state index in [1.165, 1.54) is 11.0 Å². The van der Waals surface area contributed by atoms with Crippen molar-refractivity contribution in [3.8, 4) is 5.75 Å². The normalized spacial score (nSPS) is 17.7. The second kappa shape index (κ2) is 9.93. The van der Waals surface area contributed by atoms with E-state index in [4.69, 9.17) is 4.74 Å². The molecule has 10 heteroatoms. The molecular formula is C21H28F2N2O5S. The molecule has 2 aliphatic rings. The highest BCUT2D eigenvalue weighted by Crippen LogP contribution is 2.32. The lowest BCUT2D eigenvalue weighted by Crippen LogP contribution is -2.29. The van der Waals surface area contributed by atoms with E-state index < -0.39 is 33.4 Å². The van der Waals surface area contributed by atoms with Crippen LogP contribution in [-0.4, -0.2) is 56.5 Å². The minimum absolute atomic E-state index is 0.0306. The van der Waals surface area contributed by atoms with Gasteiger partial charge in [0.25, 0.3) is 0 Å². The molecule has 3 amide bonds. The third kappa shape index (κ3) is 6.88. The summed E-state index contributed by atoms with van der Waals surface area (Å²) in [6, 6.07) is 2.00. The van der Waals surface area contributed by atoms with Crippen molar-refractivity contribution in [1.29, 1.82) is 0 Å². The number of nitrogens with zero attached hydrogens (tertiary/aromatic N) is 1. The molecule has 2 fully saturated rings. The van der Waals surface area contributed by atoms with Crippen molar-refractivity contribution < 1.29 is 31.5 Å². The van der Waals surface area contributed by atoms with Crippen LogP contribution >= 0.6 is 0 Å². The van der Waals surface area contributed by atoms with E-state index in [0.717, 1.165) is 18.9 Å². The summed E-state index contributed by atoms with van der Waals surface area (Å²) in [5.41, 5.74) is 0.387. The zero-order chi connectivity index (χ0) is 22.6. The van der Waals surface area contributed by atoms with Crippen molar-refractivity contribution in [2.24, 2.45) is 5.92 Å². The molecule has 1 aromatic carbocycles. The first-order valence-electron chi connectivity index (χ1n) is 10.6. The number of nitrogens with one attached hydrogen (secondary N) is 1. The van der Waals surface area contributed by atoms with E-state index in [9.17, 15) is 26.8 Å². The van der Waals surface area contributed by atoms with Crippen LogP contribution in [0.3, 0.4) is 0 Å². The first kappa shape index (κ1) is 23.4. The number of hydrogen-bond donors (Lipinski definition) is 1. The van der Waals surface area contributed by atoms with Crippen LogP contribution in [0.15, 0.2) is 12.1 Å². The molecule has 0 aromatic heterocycles. The van der Waals surface area contributed by atoms with Gasteiger partial charge in [-0.2, -0.15) is 4.39 Å². The summed E-state index contributed by atoms with van der Waals surface area (Å²) in [6.45, 7) is 2.43. The van der Waals surface area contributed by atoms with Crippen LogP contribution in [0.25, 0.3) is 0 Å². The molecule has 1 aromatic rings. The fourth-order valence-electron chi connectivity index (χ4n) is 3.49. The zero-order valence-electron chi connectivity index (χ0n) is 17.5. The average molecular weight is 459 g/mol. The van der Waals surface area contributed by atoms with Crippen molar-refractivity contribution in [2.45, 2.75) is 44.9 Å². The Morgan fingerprint density at radius 2 is 1.94 bits per heavy atom. The molecule has 1 aliphatic heterocycles. The molecule has 0 unspecified atom stereocenters. The van der Waals surface area contributed by atoms with Crippen LogP contribution in [0.5, 0.6) is 5.75 Å². The van der Waals surface area contributed by atoms with Crippen molar-refractivity contribution in [2.75, 3.05) is 31.2 Å². The number of carbonyl (C=O) groups excluding carboxylic acids is 2. The Balaban J connectivity index is 1.46. The van der Waals surface area contributed by atoms with Crippen LogP contribution in [0.4, 0.5) is 13.6 Å². The van der Waals surface area contributed by atoms with E-state index >= 15 is 0 Å². The second-order valence-corrected chi connectivity index (χ2v) is 10.6. The summed E-state index contributed by atoms with van der Waals surface area (Å²) in [6.07, 6.45) is 3.64. The first-order valence-corrected chi connectivity index (χ1v) is 12.4. The van der Waals surface area contributed by atoms with Gasteiger partial charge in [0.1, 0.15) is 6.54 Å². The molecule has 1 N–H and O–H groups in total. The summed E-state index contributed by atoms with van der Waals surface area (Å²) >= 11 is 0. The van der Waals surface area contributed by atoms with E-state index in [2.05, 4.69) is 5.32 Å². The van der Waals surface area contributed by atoms with Gasteiger partial charge in [0.2, 0.25) is 11.7 Å². The molecule has 1 heterocycles. The third-order valence-electron chi connectivity index (χ3n) is 5.51. The number of carbonyl (C=O) groups is 2. The van der Waals surface area contributed by atoms with Crippen molar-refractivity contribution >= 4 is 21.8 Å².